The van der Waals surface area contributed by atoms with Crippen molar-refractivity contribution in [1.82, 2.24) is 29.7 Å². The number of hydrogen-bond donors (Lipinski definition) is 3. The zero-order valence-corrected chi connectivity index (χ0v) is 32.3. The molecule has 1 unspecified atom stereocenters. The maximum atomic E-state index is 13.2. The van der Waals surface area contributed by atoms with Gasteiger partial charge < -0.3 is 15.5 Å². The summed E-state index contributed by atoms with van der Waals surface area (Å²) in [6, 6.07) is 22.7. The number of aryl methyl sites for hydroxylation is 1. The predicted octanol–water partition coefficient (Wildman–Crippen LogP) is 5.61. The van der Waals surface area contributed by atoms with Crippen LogP contribution in [0.25, 0.3) is 43.3 Å². The number of nitrogens with one attached hydrogen (secondary N) is 3. The molecule has 3 amide bonds. The number of pyridine rings is 1. The van der Waals surface area contributed by atoms with Gasteiger partial charge in [-0.15, -0.1) is 11.3 Å². The van der Waals surface area contributed by atoms with Crippen LogP contribution in [0.1, 0.15) is 59.8 Å². The van der Waals surface area contributed by atoms with E-state index in [1.54, 1.807) is 16.2 Å². The summed E-state index contributed by atoms with van der Waals surface area (Å²) in [4.78, 5) is 61.2. The average Bonchev–Trinajstić information content (AvgIpc) is 3.64. The van der Waals surface area contributed by atoms with E-state index in [1.807, 2.05) is 13.0 Å². The van der Waals surface area contributed by atoms with E-state index in [9.17, 15) is 19.2 Å². The number of hydrogen-bond acceptors (Lipinski definition) is 9. The van der Waals surface area contributed by atoms with Crippen molar-refractivity contribution in [3.8, 4) is 11.3 Å². The number of thiophene rings is 1. The highest BCUT2D eigenvalue weighted by atomic mass is 32.1. The van der Waals surface area contributed by atoms with E-state index in [4.69, 9.17) is 4.98 Å². The minimum atomic E-state index is -0.666. The Bertz CT molecular complexity index is 2630. The van der Waals surface area contributed by atoms with Crippen LogP contribution in [0.4, 0.5) is 11.4 Å². The first-order valence-corrected chi connectivity index (χ1v) is 20.5. The van der Waals surface area contributed by atoms with Gasteiger partial charge in [0.05, 0.1) is 27.9 Å². The Labute approximate surface area is 327 Å². The molecule has 12 nitrogen and oxygen atoms in total. The number of rotatable bonds is 6. The van der Waals surface area contributed by atoms with E-state index < -0.39 is 11.9 Å². The Kier molecular flexibility index (Phi) is 8.48. The Balaban J connectivity index is 0.753. The summed E-state index contributed by atoms with van der Waals surface area (Å²) in [5.74, 6) is 0.405. The highest BCUT2D eigenvalue weighted by Crippen LogP contribution is 2.44. The monoisotopic (exact) mass is 768 g/mol. The lowest BCUT2D eigenvalue weighted by molar-refractivity contribution is -0.135. The van der Waals surface area contributed by atoms with E-state index in [2.05, 4.69) is 86.4 Å². The van der Waals surface area contributed by atoms with Crippen molar-refractivity contribution in [2.75, 3.05) is 49.5 Å². The van der Waals surface area contributed by atoms with Gasteiger partial charge in [-0.2, -0.15) is 0 Å². The summed E-state index contributed by atoms with van der Waals surface area (Å²) in [6.45, 7) is 7.85. The average molecular weight is 769 g/mol. The van der Waals surface area contributed by atoms with Crippen molar-refractivity contribution in [1.29, 1.82) is 0 Å². The van der Waals surface area contributed by atoms with Crippen molar-refractivity contribution < 1.29 is 14.4 Å². The van der Waals surface area contributed by atoms with Gasteiger partial charge in [0.1, 0.15) is 10.9 Å². The van der Waals surface area contributed by atoms with Gasteiger partial charge in [0.2, 0.25) is 11.8 Å². The molecular formula is C43H44N8O4S. The zero-order valence-electron chi connectivity index (χ0n) is 31.5. The molecule has 0 radical (unpaired) electrons. The molecule has 10 rings (SSSR count). The Hall–Kier alpha value is -5.53. The number of amides is 3. The van der Waals surface area contributed by atoms with Crippen LogP contribution in [0.2, 0.25) is 0 Å². The molecular weight excluding hydrogens is 725 g/mol. The second kappa shape index (κ2) is 13.6. The predicted molar refractivity (Wildman–Crippen MR) is 221 cm³/mol. The van der Waals surface area contributed by atoms with Crippen molar-refractivity contribution in [3.05, 3.63) is 87.7 Å². The molecule has 1 aliphatic carbocycles. The van der Waals surface area contributed by atoms with Crippen LogP contribution in [-0.4, -0.2) is 82.1 Å². The molecule has 56 heavy (non-hydrogen) atoms. The molecule has 3 aliphatic heterocycles. The number of carbonyl (C=O) groups excluding carboxylic acids is 3. The molecule has 3 N–H and O–H groups in total. The number of carbonyl (C=O) groups is 3. The summed E-state index contributed by atoms with van der Waals surface area (Å²) >= 11 is 1.53. The number of fused-ring (bicyclic) bond motifs is 6. The number of anilines is 2. The summed E-state index contributed by atoms with van der Waals surface area (Å²) in [5, 5.41) is 11.1. The minimum Gasteiger partial charge on any atom is -0.381 e. The lowest BCUT2D eigenvalue weighted by atomic mass is 9.71. The summed E-state index contributed by atoms with van der Waals surface area (Å²) in [6.07, 6.45) is 2.83. The summed E-state index contributed by atoms with van der Waals surface area (Å²) < 4.78 is 4.26. The van der Waals surface area contributed by atoms with Crippen LogP contribution in [0, 0.1) is 5.92 Å². The third-order valence-electron chi connectivity index (χ3n) is 12.5. The fourth-order valence-electron chi connectivity index (χ4n) is 9.30. The van der Waals surface area contributed by atoms with Crippen LogP contribution in [-0.2, 0) is 16.6 Å². The molecule has 2 atom stereocenters. The second-order valence-electron chi connectivity index (χ2n) is 16.1. The minimum absolute atomic E-state index is 0.0182. The zero-order chi connectivity index (χ0) is 38.2. The lowest BCUT2D eigenvalue weighted by Gasteiger charge is -2.42. The topological polar surface area (TPSA) is 134 Å². The Morgan fingerprint density at radius 3 is 2.48 bits per heavy atom. The molecule has 286 valence electrons. The van der Waals surface area contributed by atoms with Crippen LogP contribution in [0.15, 0.2) is 71.5 Å². The first-order valence-electron chi connectivity index (χ1n) is 19.7. The van der Waals surface area contributed by atoms with Crippen molar-refractivity contribution in [3.63, 3.8) is 0 Å². The maximum Gasteiger partial charge on any atom is 0.329 e. The third-order valence-corrected chi connectivity index (χ3v) is 13.6. The van der Waals surface area contributed by atoms with Gasteiger partial charge in [0.15, 0.2) is 0 Å². The Morgan fingerprint density at radius 2 is 1.70 bits per heavy atom. The standard InChI is InChI=1S/C43H44N8O4S/c1-24-22-44-39-38-30-8-9-31(46-32(30)10-13-36(38)56-40(39)42(54)45-24)26-3-6-29(7-4-26)50-17-15-49(16-18-50)23-25-19-28(20-25)27-5-11-33-35(21-27)48(2)43(55)51(33)34-12-14-37(52)47-41(34)53/h3-11,13,21,24-25,28,34,44H,12,14-20,22-23H2,1-2H3,(H,45,54)(H,47,52,53)/t24-,25?,28?,34?/m1/s1. The van der Waals surface area contributed by atoms with E-state index in [0.717, 1.165) is 99.4 Å². The summed E-state index contributed by atoms with van der Waals surface area (Å²) in [7, 11) is 1.76. The molecule has 1 saturated carbocycles. The normalized spacial score (nSPS) is 23.1. The van der Waals surface area contributed by atoms with Gasteiger partial charge in [-0.1, -0.05) is 18.2 Å². The molecule has 4 aliphatic rings. The number of imide groups is 1. The largest absolute Gasteiger partial charge is 0.381 e. The number of piperidine rings is 1. The molecule has 2 saturated heterocycles. The quantitative estimate of drug-likeness (QED) is 0.187. The van der Waals surface area contributed by atoms with E-state index in [-0.39, 0.29) is 30.0 Å². The fraction of sp³-hybridized carbons (Fsp3) is 0.372. The van der Waals surface area contributed by atoms with Gasteiger partial charge in [0.25, 0.3) is 5.91 Å². The molecule has 6 aromatic rings. The van der Waals surface area contributed by atoms with Crippen LogP contribution < -0.4 is 26.5 Å². The number of piperazine rings is 1. The van der Waals surface area contributed by atoms with Gasteiger partial charge in [-0.3, -0.25) is 33.7 Å². The molecule has 0 spiro atoms. The van der Waals surface area contributed by atoms with Crippen LogP contribution in [0.5, 0.6) is 0 Å². The number of imidazole rings is 1. The molecule has 3 aromatic carbocycles. The summed E-state index contributed by atoms with van der Waals surface area (Å²) in [5.41, 5.74) is 7.67. The number of aromatic nitrogens is 3. The number of nitrogens with zero attached hydrogens (tertiary/aromatic N) is 5. The second-order valence-corrected chi connectivity index (χ2v) is 17.1. The van der Waals surface area contributed by atoms with Gasteiger partial charge in [0, 0.05) is 85.5 Å². The SMILES string of the molecule is C[C@@H]1CNc2c(sc3ccc4nc(-c5ccc(N6CCN(CC7CC(c8ccc9c(c8)n(C)c(=O)n9C8CCC(=O)NC8=O)C7)CC6)cc5)ccc4c23)C(=O)N1. The molecule has 3 aromatic heterocycles. The fourth-order valence-corrected chi connectivity index (χ4v) is 10.4. The van der Waals surface area contributed by atoms with Gasteiger partial charge >= 0.3 is 5.69 Å². The Morgan fingerprint density at radius 1 is 0.893 bits per heavy atom. The van der Waals surface area contributed by atoms with Crippen LogP contribution >= 0.6 is 11.3 Å². The van der Waals surface area contributed by atoms with Gasteiger partial charge in [-0.25, -0.2) is 9.78 Å². The van der Waals surface area contributed by atoms with E-state index in [1.165, 1.54) is 22.6 Å². The third kappa shape index (κ3) is 5.95. The van der Waals surface area contributed by atoms with Crippen molar-refractivity contribution in [2.45, 2.75) is 50.6 Å². The lowest BCUT2D eigenvalue weighted by Crippen LogP contribution is -2.48. The first kappa shape index (κ1) is 34.9. The maximum absolute atomic E-state index is 13.2. The highest BCUT2D eigenvalue weighted by Gasteiger charge is 2.35. The van der Waals surface area contributed by atoms with Gasteiger partial charge in [-0.05, 0) is 92.1 Å². The highest BCUT2D eigenvalue weighted by molar-refractivity contribution is 7.21. The molecule has 0 bridgehead atoms. The van der Waals surface area contributed by atoms with Crippen LogP contribution in [0.3, 0.4) is 0 Å². The first-order chi connectivity index (χ1) is 27.2. The van der Waals surface area contributed by atoms with E-state index >= 15 is 0 Å². The molecule has 3 fully saturated rings. The molecule has 6 heterocycles. The number of benzene rings is 3. The molecule has 13 heteroatoms. The smallest absolute Gasteiger partial charge is 0.329 e. The van der Waals surface area contributed by atoms with Crippen molar-refractivity contribution in [2.24, 2.45) is 13.0 Å². The van der Waals surface area contributed by atoms with E-state index in [0.29, 0.717) is 24.8 Å². The van der Waals surface area contributed by atoms with Crippen molar-refractivity contribution >= 4 is 72.5 Å².